The Morgan fingerprint density at radius 2 is 2.35 bits per heavy atom. The average molecular weight is 278 g/mol. The molecule has 20 heavy (non-hydrogen) atoms. The van der Waals surface area contributed by atoms with Crippen LogP contribution in [0.1, 0.15) is 25.3 Å². The molecule has 0 radical (unpaired) electrons. The molecule has 0 aliphatic carbocycles. The van der Waals surface area contributed by atoms with Gasteiger partial charge in [-0.15, -0.1) is 0 Å². The fourth-order valence-corrected chi connectivity index (χ4v) is 2.92. The Labute approximate surface area is 117 Å². The van der Waals surface area contributed by atoms with Crippen molar-refractivity contribution in [3.8, 4) is 5.88 Å². The van der Waals surface area contributed by atoms with E-state index >= 15 is 0 Å². The molecule has 2 atom stereocenters. The number of nitrogens with zero attached hydrogens (tertiary/aromatic N) is 1. The minimum atomic E-state index is -0.889. The second kappa shape index (κ2) is 5.48. The van der Waals surface area contributed by atoms with Crippen LogP contribution in [-0.2, 0) is 15.0 Å². The van der Waals surface area contributed by atoms with Gasteiger partial charge in [0.1, 0.15) is 0 Å². The van der Waals surface area contributed by atoms with Gasteiger partial charge in [-0.2, -0.15) is 0 Å². The number of carboxylic acid groups (broad SMARTS) is 1. The first kappa shape index (κ1) is 14.3. The van der Waals surface area contributed by atoms with Crippen molar-refractivity contribution in [2.75, 3.05) is 13.7 Å². The highest BCUT2D eigenvalue weighted by molar-refractivity contribution is 5.83. The van der Waals surface area contributed by atoms with E-state index in [2.05, 4.69) is 10.3 Å². The number of rotatable bonds is 5. The number of amides is 1. The molecule has 1 aromatic heterocycles. The summed E-state index contributed by atoms with van der Waals surface area (Å²) in [7, 11) is 1.52. The zero-order valence-electron chi connectivity index (χ0n) is 11.5. The van der Waals surface area contributed by atoms with E-state index in [0.717, 1.165) is 5.56 Å². The number of ether oxygens (including phenoxy) is 1. The van der Waals surface area contributed by atoms with Crippen molar-refractivity contribution in [2.45, 2.75) is 25.2 Å². The highest BCUT2D eigenvalue weighted by atomic mass is 16.5. The molecule has 0 aromatic carbocycles. The lowest BCUT2D eigenvalue weighted by molar-refractivity contribution is -0.144. The normalized spacial score (nSPS) is 23.2. The molecule has 2 rings (SSSR count). The molecule has 108 valence electrons. The predicted octanol–water partition coefficient (Wildman–Crippen LogP) is 0.959. The van der Waals surface area contributed by atoms with Gasteiger partial charge in [0.15, 0.2) is 0 Å². The standard InChI is InChI=1S/C14H18N2O4/c1-3-10(13(18)19)14(6-11(17)16-8-14)9-4-5-12(20-2)15-7-9/h4-5,7,10H,3,6,8H2,1-2H3,(H,16,17)(H,18,19). The Morgan fingerprint density at radius 1 is 1.60 bits per heavy atom. The Bertz CT molecular complexity index is 514. The molecule has 1 aromatic rings. The van der Waals surface area contributed by atoms with Gasteiger partial charge in [0, 0.05) is 30.6 Å². The number of methoxy groups -OCH3 is 1. The van der Waals surface area contributed by atoms with E-state index in [4.69, 9.17) is 4.74 Å². The minimum Gasteiger partial charge on any atom is -0.481 e. The van der Waals surface area contributed by atoms with Crippen LogP contribution in [-0.4, -0.2) is 35.6 Å². The van der Waals surface area contributed by atoms with Crippen molar-refractivity contribution >= 4 is 11.9 Å². The summed E-state index contributed by atoms with van der Waals surface area (Å²) >= 11 is 0. The first-order valence-electron chi connectivity index (χ1n) is 6.53. The SMILES string of the molecule is CCC(C(=O)O)C1(c2ccc(OC)nc2)CNC(=O)C1. The molecule has 1 fully saturated rings. The predicted molar refractivity (Wildman–Crippen MR) is 71.5 cm³/mol. The number of aromatic nitrogens is 1. The van der Waals surface area contributed by atoms with Crippen molar-refractivity contribution < 1.29 is 19.4 Å². The maximum atomic E-state index is 11.6. The van der Waals surface area contributed by atoms with Gasteiger partial charge in [0.05, 0.1) is 13.0 Å². The van der Waals surface area contributed by atoms with Crippen LogP contribution in [0.2, 0.25) is 0 Å². The van der Waals surface area contributed by atoms with Gasteiger partial charge < -0.3 is 15.2 Å². The molecule has 0 spiro atoms. The molecule has 2 unspecified atom stereocenters. The zero-order chi connectivity index (χ0) is 14.8. The Morgan fingerprint density at radius 3 is 2.75 bits per heavy atom. The lowest BCUT2D eigenvalue weighted by Gasteiger charge is -2.33. The highest BCUT2D eigenvalue weighted by Gasteiger charge is 2.49. The van der Waals surface area contributed by atoms with Gasteiger partial charge in [-0.1, -0.05) is 13.0 Å². The van der Waals surface area contributed by atoms with Crippen LogP contribution in [0, 0.1) is 5.92 Å². The number of pyridine rings is 1. The van der Waals surface area contributed by atoms with Crippen molar-refractivity contribution in [3.63, 3.8) is 0 Å². The van der Waals surface area contributed by atoms with Crippen LogP contribution in [0.4, 0.5) is 0 Å². The minimum absolute atomic E-state index is 0.125. The summed E-state index contributed by atoms with van der Waals surface area (Å²) in [5.41, 5.74) is 0.0163. The van der Waals surface area contributed by atoms with Crippen LogP contribution in [0.5, 0.6) is 5.88 Å². The summed E-state index contributed by atoms with van der Waals surface area (Å²) < 4.78 is 5.01. The molecule has 2 heterocycles. The van der Waals surface area contributed by atoms with Gasteiger partial charge in [0.2, 0.25) is 11.8 Å². The number of nitrogens with one attached hydrogen (secondary N) is 1. The fraction of sp³-hybridized carbons (Fsp3) is 0.500. The third-order valence-electron chi connectivity index (χ3n) is 3.97. The lowest BCUT2D eigenvalue weighted by atomic mass is 9.69. The van der Waals surface area contributed by atoms with E-state index in [0.29, 0.717) is 18.8 Å². The van der Waals surface area contributed by atoms with Crippen molar-refractivity contribution in [3.05, 3.63) is 23.9 Å². The monoisotopic (exact) mass is 278 g/mol. The van der Waals surface area contributed by atoms with E-state index < -0.39 is 17.3 Å². The Kier molecular flexibility index (Phi) is 3.92. The molecule has 6 heteroatoms. The van der Waals surface area contributed by atoms with Crippen LogP contribution in [0.3, 0.4) is 0 Å². The molecule has 1 saturated heterocycles. The van der Waals surface area contributed by atoms with Gasteiger partial charge >= 0.3 is 5.97 Å². The van der Waals surface area contributed by atoms with Crippen molar-refractivity contribution in [1.29, 1.82) is 0 Å². The topological polar surface area (TPSA) is 88.5 Å². The largest absolute Gasteiger partial charge is 0.481 e. The molecular weight excluding hydrogens is 260 g/mol. The van der Waals surface area contributed by atoms with Gasteiger partial charge in [-0.25, -0.2) is 4.98 Å². The summed E-state index contributed by atoms with van der Waals surface area (Å²) in [4.78, 5) is 27.3. The van der Waals surface area contributed by atoms with Gasteiger partial charge in [0.25, 0.3) is 0 Å². The fourth-order valence-electron chi connectivity index (χ4n) is 2.92. The number of carbonyl (C=O) groups is 2. The second-order valence-electron chi connectivity index (χ2n) is 5.00. The quantitative estimate of drug-likeness (QED) is 0.837. The molecular formula is C14H18N2O4. The first-order chi connectivity index (χ1) is 9.53. The summed E-state index contributed by atoms with van der Waals surface area (Å²) in [6.45, 7) is 2.14. The van der Waals surface area contributed by atoms with E-state index in [9.17, 15) is 14.7 Å². The van der Waals surface area contributed by atoms with E-state index in [1.807, 2.05) is 6.92 Å². The highest BCUT2D eigenvalue weighted by Crippen LogP contribution is 2.40. The number of carboxylic acids is 1. The summed E-state index contributed by atoms with van der Waals surface area (Å²) in [6, 6.07) is 3.48. The molecule has 6 nitrogen and oxygen atoms in total. The van der Waals surface area contributed by atoms with E-state index in [1.165, 1.54) is 7.11 Å². The summed E-state index contributed by atoms with van der Waals surface area (Å²) in [6.07, 6.45) is 2.23. The van der Waals surface area contributed by atoms with Crippen molar-refractivity contribution in [1.82, 2.24) is 10.3 Å². The lowest BCUT2D eigenvalue weighted by Crippen LogP contribution is -2.41. The number of carbonyl (C=O) groups excluding carboxylic acids is 1. The van der Waals surface area contributed by atoms with Crippen LogP contribution in [0.15, 0.2) is 18.3 Å². The number of aliphatic carboxylic acids is 1. The van der Waals surface area contributed by atoms with Crippen LogP contribution in [0.25, 0.3) is 0 Å². The van der Waals surface area contributed by atoms with Crippen LogP contribution < -0.4 is 10.1 Å². The number of hydrogen-bond donors (Lipinski definition) is 2. The molecule has 0 saturated carbocycles. The molecule has 2 N–H and O–H groups in total. The maximum Gasteiger partial charge on any atom is 0.307 e. The first-order valence-corrected chi connectivity index (χ1v) is 6.53. The molecule has 0 bridgehead atoms. The van der Waals surface area contributed by atoms with Crippen molar-refractivity contribution in [2.24, 2.45) is 5.92 Å². The Hall–Kier alpha value is -2.11. The zero-order valence-corrected chi connectivity index (χ0v) is 11.5. The molecule has 1 amide bonds. The molecule has 1 aliphatic heterocycles. The van der Waals surface area contributed by atoms with Gasteiger partial charge in [-0.3, -0.25) is 9.59 Å². The van der Waals surface area contributed by atoms with E-state index in [1.54, 1.807) is 18.3 Å². The third kappa shape index (κ3) is 2.33. The Balaban J connectivity index is 2.45. The average Bonchev–Trinajstić information content (AvgIpc) is 2.82. The second-order valence-corrected chi connectivity index (χ2v) is 5.00. The van der Waals surface area contributed by atoms with Crippen LogP contribution >= 0.6 is 0 Å². The summed E-state index contributed by atoms with van der Waals surface area (Å²) in [5.74, 6) is -1.18. The van der Waals surface area contributed by atoms with Gasteiger partial charge in [-0.05, 0) is 12.0 Å². The third-order valence-corrected chi connectivity index (χ3v) is 3.97. The maximum absolute atomic E-state index is 11.6. The van der Waals surface area contributed by atoms with E-state index in [-0.39, 0.29) is 12.3 Å². The molecule has 1 aliphatic rings. The smallest absolute Gasteiger partial charge is 0.307 e. The summed E-state index contributed by atoms with van der Waals surface area (Å²) in [5, 5.41) is 12.2. The number of hydrogen-bond acceptors (Lipinski definition) is 4.